The van der Waals surface area contributed by atoms with Crippen molar-refractivity contribution in [1.82, 2.24) is 0 Å². The van der Waals surface area contributed by atoms with Crippen molar-refractivity contribution in [3.63, 3.8) is 0 Å². The molecule has 2 atom stereocenters. The molecule has 3 nitrogen and oxygen atoms in total. The molecule has 2 N–H and O–H groups in total. The molecule has 0 radical (unpaired) electrons. The van der Waals surface area contributed by atoms with Gasteiger partial charge in [0.2, 0.25) is 0 Å². The number of rotatable bonds is 7. The lowest BCUT2D eigenvalue weighted by Gasteiger charge is -2.25. The summed E-state index contributed by atoms with van der Waals surface area (Å²) < 4.78 is 5.69. The van der Waals surface area contributed by atoms with Gasteiger partial charge in [-0.3, -0.25) is 0 Å². The van der Waals surface area contributed by atoms with Crippen LogP contribution in [0.25, 0.3) is 0 Å². The average molecular weight is 278 g/mol. The van der Waals surface area contributed by atoms with Crippen LogP contribution in [0.2, 0.25) is 0 Å². The number of benzene rings is 1. The molecule has 1 aliphatic rings. The zero-order valence-electron chi connectivity index (χ0n) is 12.6. The summed E-state index contributed by atoms with van der Waals surface area (Å²) in [5.74, 6) is 0.380. The van der Waals surface area contributed by atoms with Gasteiger partial charge in [-0.15, -0.1) is 0 Å². The Kier molecular flexibility index (Phi) is 6.51. The summed E-state index contributed by atoms with van der Waals surface area (Å²) in [7, 11) is 0. The second kappa shape index (κ2) is 8.40. The van der Waals surface area contributed by atoms with Crippen molar-refractivity contribution in [2.75, 3.05) is 32.8 Å². The van der Waals surface area contributed by atoms with Gasteiger partial charge in [-0.05, 0) is 24.8 Å². The van der Waals surface area contributed by atoms with E-state index >= 15 is 0 Å². The number of likely N-dealkylation sites (tertiary alicyclic amines) is 1. The molecule has 1 fully saturated rings. The molecule has 0 unspecified atom stereocenters. The van der Waals surface area contributed by atoms with Crippen molar-refractivity contribution in [3.8, 4) is 0 Å². The Bertz CT molecular complexity index is 363. The minimum Gasteiger partial charge on any atom is -0.385 e. The van der Waals surface area contributed by atoms with Crippen LogP contribution in [0.1, 0.15) is 37.7 Å². The molecule has 1 aromatic rings. The topological polar surface area (TPSA) is 33.9 Å². The summed E-state index contributed by atoms with van der Waals surface area (Å²) in [4.78, 5) is 1.53. The van der Waals surface area contributed by atoms with Gasteiger partial charge in [0, 0.05) is 5.92 Å². The first-order valence-corrected chi connectivity index (χ1v) is 7.90. The van der Waals surface area contributed by atoms with E-state index in [0.29, 0.717) is 19.1 Å². The highest BCUT2D eigenvalue weighted by atomic mass is 16.5. The van der Waals surface area contributed by atoms with E-state index < -0.39 is 0 Å². The quantitative estimate of drug-likeness (QED) is 0.787. The Hall–Kier alpha value is -0.900. The third kappa shape index (κ3) is 5.23. The van der Waals surface area contributed by atoms with Crippen molar-refractivity contribution in [2.24, 2.45) is 0 Å². The highest BCUT2D eigenvalue weighted by Crippen LogP contribution is 2.14. The zero-order chi connectivity index (χ0) is 14.2. The standard InChI is InChI=1S/C17H27NO2/c1-15(16-8-4-2-5-9-16)13-20-14-17(19)12-18-10-6-3-7-11-18/h2,4-5,8-9,15,17,19H,3,6-7,10-14H2,1H3/p+1/t15-,17+/m1/s1. The van der Waals surface area contributed by atoms with Crippen molar-refractivity contribution < 1.29 is 14.7 Å². The van der Waals surface area contributed by atoms with E-state index in [0.717, 1.165) is 6.54 Å². The third-order valence-electron chi connectivity index (χ3n) is 4.13. The van der Waals surface area contributed by atoms with Crippen molar-refractivity contribution in [2.45, 2.75) is 38.2 Å². The maximum atomic E-state index is 10.0. The smallest absolute Gasteiger partial charge is 0.126 e. The Balaban J connectivity index is 1.62. The maximum Gasteiger partial charge on any atom is 0.126 e. The first kappa shape index (κ1) is 15.5. The molecule has 112 valence electrons. The average Bonchev–Trinajstić information content (AvgIpc) is 2.49. The summed E-state index contributed by atoms with van der Waals surface area (Å²) in [6.07, 6.45) is 3.62. The molecule has 3 heteroatoms. The van der Waals surface area contributed by atoms with E-state index in [9.17, 15) is 5.11 Å². The first-order valence-electron chi connectivity index (χ1n) is 7.90. The molecule has 2 rings (SSSR count). The molecule has 0 amide bonds. The van der Waals surface area contributed by atoms with E-state index in [2.05, 4.69) is 31.2 Å². The predicted molar refractivity (Wildman–Crippen MR) is 81.1 cm³/mol. The largest absolute Gasteiger partial charge is 0.385 e. The Morgan fingerprint density at radius 1 is 1.10 bits per heavy atom. The van der Waals surface area contributed by atoms with Crippen LogP contribution in [0.15, 0.2) is 30.3 Å². The van der Waals surface area contributed by atoms with Crippen LogP contribution in [0.5, 0.6) is 0 Å². The number of nitrogens with one attached hydrogen (secondary N) is 1. The fraction of sp³-hybridized carbons (Fsp3) is 0.647. The van der Waals surface area contributed by atoms with Gasteiger partial charge in [0.15, 0.2) is 0 Å². The van der Waals surface area contributed by atoms with E-state index in [1.807, 2.05) is 6.07 Å². The lowest BCUT2D eigenvalue weighted by Crippen LogP contribution is -3.14. The zero-order valence-corrected chi connectivity index (χ0v) is 12.6. The summed E-state index contributed by atoms with van der Waals surface area (Å²) in [6.45, 7) is 6.54. The summed E-state index contributed by atoms with van der Waals surface area (Å²) >= 11 is 0. The first-order chi connectivity index (χ1) is 9.75. The Labute approximate surface area is 122 Å². The van der Waals surface area contributed by atoms with E-state index in [-0.39, 0.29) is 6.10 Å². The predicted octanol–water partition coefficient (Wildman–Crippen LogP) is 1.24. The minimum atomic E-state index is -0.328. The summed E-state index contributed by atoms with van der Waals surface area (Å²) in [6, 6.07) is 10.4. The van der Waals surface area contributed by atoms with Gasteiger partial charge in [-0.2, -0.15) is 0 Å². The highest BCUT2D eigenvalue weighted by Gasteiger charge is 2.18. The molecule has 0 bridgehead atoms. The number of piperidine rings is 1. The number of ether oxygens (including phenoxy) is 1. The molecule has 1 saturated heterocycles. The van der Waals surface area contributed by atoms with Crippen LogP contribution in [0.4, 0.5) is 0 Å². The van der Waals surface area contributed by atoms with Crippen LogP contribution in [0, 0.1) is 0 Å². The molecular formula is C17H28NO2+. The van der Waals surface area contributed by atoms with Gasteiger partial charge in [-0.1, -0.05) is 37.3 Å². The Morgan fingerprint density at radius 3 is 2.50 bits per heavy atom. The second-order valence-electron chi connectivity index (χ2n) is 6.02. The molecule has 0 aromatic heterocycles. The Morgan fingerprint density at radius 2 is 1.80 bits per heavy atom. The fourth-order valence-electron chi connectivity index (χ4n) is 2.91. The van der Waals surface area contributed by atoms with E-state index in [1.54, 1.807) is 0 Å². The van der Waals surface area contributed by atoms with Crippen LogP contribution in [-0.2, 0) is 4.74 Å². The molecule has 0 aliphatic carbocycles. The highest BCUT2D eigenvalue weighted by molar-refractivity contribution is 5.18. The molecule has 20 heavy (non-hydrogen) atoms. The lowest BCUT2D eigenvalue weighted by molar-refractivity contribution is -0.908. The number of hydrogen-bond donors (Lipinski definition) is 2. The number of hydrogen-bond acceptors (Lipinski definition) is 2. The molecule has 1 aliphatic heterocycles. The van der Waals surface area contributed by atoms with Gasteiger partial charge in [0.25, 0.3) is 0 Å². The molecule has 0 spiro atoms. The van der Waals surface area contributed by atoms with Crippen LogP contribution in [-0.4, -0.2) is 44.1 Å². The van der Waals surface area contributed by atoms with E-state index in [1.165, 1.54) is 42.8 Å². The second-order valence-corrected chi connectivity index (χ2v) is 6.02. The SMILES string of the molecule is C[C@H](COC[C@@H](O)C[NH+]1CCCCC1)c1ccccc1. The van der Waals surface area contributed by atoms with Gasteiger partial charge in [0.05, 0.1) is 26.3 Å². The van der Waals surface area contributed by atoms with Gasteiger partial charge in [0.1, 0.15) is 12.6 Å². The summed E-state index contributed by atoms with van der Waals surface area (Å²) in [5, 5.41) is 10.0. The maximum absolute atomic E-state index is 10.0. The molecule has 0 saturated carbocycles. The van der Waals surface area contributed by atoms with Crippen molar-refractivity contribution in [1.29, 1.82) is 0 Å². The van der Waals surface area contributed by atoms with Crippen LogP contribution < -0.4 is 4.90 Å². The van der Waals surface area contributed by atoms with Gasteiger partial charge >= 0.3 is 0 Å². The van der Waals surface area contributed by atoms with Crippen molar-refractivity contribution >= 4 is 0 Å². The number of quaternary nitrogens is 1. The normalized spacial score (nSPS) is 19.7. The fourth-order valence-corrected chi connectivity index (χ4v) is 2.91. The van der Waals surface area contributed by atoms with Crippen LogP contribution >= 0.6 is 0 Å². The monoisotopic (exact) mass is 278 g/mol. The lowest BCUT2D eigenvalue weighted by atomic mass is 10.0. The molecular weight excluding hydrogens is 250 g/mol. The van der Waals surface area contributed by atoms with E-state index in [4.69, 9.17) is 4.74 Å². The minimum absolute atomic E-state index is 0.328. The molecule has 1 aromatic carbocycles. The number of aliphatic hydroxyl groups excluding tert-OH is 1. The molecule has 1 heterocycles. The van der Waals surface area contributed by atoms with Crippen LogP contribution in [0.3, 0.4) is 0 Å². The van der Waals surface area contributed by atoms with Gasteiger partial charge < -0.3 is 14.7 Å². The van der Waals surface area contributed by atoms with Gasteiger partial charge in [-0.25, -0.2) is 0 Å². The summed E-state index contributed by atoms with van der Waals surface area (Å²) in [5.41, 5.74) is 1.30. The van der Waals surface area contributed by atoms with Crippen molar-refractivity contribution in [3.05, 3.63) is 35.9 Å². The third-order valence-corrected chi connectivity index (χ3v) is 4.13. The number of aliphatic hydroxyl groups is 1.